The first-order chi connectivity index (χ1) is 10.1. The van der Waals surface area contributed by atoms with Crippen molar-refractivity contribution in [3.8, 4) is 0 Å². The zero-order chi connectivity index (χ0) is 15.2. The van der Waals surface area contributed by atoms with Gasteiger partial charge in [-0.05, 0) is 23.8 Å². The van der Waals surface area contributed by atoms with Gasteiger partial charge in [-0.25, -0.2) is 0 Å². The quantitative estimate of drug-likeness (QED) is 0.726. The number of aliphatic hydroxyl groups is 1. The maximum Gasteiger partial charge on any atom is 0.256 e. The van der Waals surface area contributed by atoms with Gasteiger partial charge in [-0.2, -0.15) is 0 Å². The van der Waals surface area contributed by atoms with E-state index in [-0.39, 0.29) is 19.1 Å². The Morgan fingerprint density at radius 2 is 1.81 bits per heavy atom. The number of hydrogen-bond acceptors (Lipinski definition) is 4. The normalized spacial score (nSPS) is 10.3. The number of aliphatic hydroxyl groups excluding tert-OH is 1. The van der Waals surface area contributed by atoms with Crippen molar-refractivity contribution < 1.29 is 9.90 Å². The molecule has 110 valence electrons. The van der Waals surface area contributed by atoms with Crippen LogP contribution < -0.4 is 11.5 Å². The molecule has 5 heteroatoms. The molecule has 21 heavy (non-hydrogen) atoms. The number of nitrogens with two attached hydrogens (primary N) is 2. The number of nitrogen functional groups attached to an aromatic ring is 2. The fraction of sp³-hybridized carbons (Fsp3) is 0.188. The van der Waals surface area contributed by atoms with E-state index in [0.29, 0.717) is 23.5 Å². The molecule has 0 saturated heterocycles. The Balaban J connectivity index is 2.23. The Bertz CT molecular complexity index is 614. The highest BCUT2D eigenvalue weighted by molar-refractivity contribution is 5.99. The molecular weight excluding hydrogens is 266 g/mol. The molecule has 0 aliphatic carbocycles. The predicted molar refractivity (Wildman–Crippen MR) is 83.5 cm³/mol. The molecule has 0 unspecified atom stereocenters. The number of rotatable bonds is 5. The Kier molecular flexibility index (Phi) is 4.79. The van der Waals surface area contributed by atoms with Crippen LogP contribution in [-0.2, 0) is 6.54 Å². The minimum atomic E-state index is -0.217. The van der Waals surface area contributed by atoms with Gasteiger partial charge in [0.15, 0.2) is 0 Å². The molecule has 0 fully saturated rings. The van der Waals surface area contributed by atoms with E-state index in [1.54, 1.807) is 23.1 Å². The van der Waals surface area contributed by atoms with Gasteiger partial charge in [-0.3, -0.25) is 4.79 Å². The van der Waals surface area contributed by atoms with Crippen LogP contribution >= 0.6 is 0 Å². The van der Waals surface area contributed by atoms with E-state index in [1.807, 2.05) is 30.3 Å². The molecule has 0 aliphatic rings. The third kappa shape index (κ3) is 3.73. The highest BCUT2D eigenvalue weighted by Crippen LogP contribution is 2.18. The predicted octanol–water partition coefficient (Wildman–Crippen LogP) is 1.49. The van der Waals surface area contributed by atoms with E-state index in [4.69, 9.17) is 11.5 Å². The van der Waals surface area contributed by atoms with Crippen molar-refractivity contribution >= 4 is 17.3 Å². The van der Waals surface area contributed by atoms with Gasteiger partial charge in [0.2, 0.25) is 0 Å². The van der Waals surface area contributed by atoms with Crippen LogP contribution in [0.4, 0.5) is 11.4 Å². The summed E-state index contributed by atoms with van der Waals surface area (Å²) >= 11 is 0. The number of hydrogen-bond donors (Lipinski definition) is 3. The molecule has 0 radical (unpaired) electrons. The number of nitrogens with zero attached hydrogens (tertiary/aromatic N) is 1. The molecule has 2 aromatic rings. The van der Waals surface area contributed by atoms with E-state index >= 15 is 0 Å². The van der Waals surface area contributed by atoms with Gasteiger partial charge in [-0.15, -0.1) is 0 Å². The molecule has 0 heterocycles. The summed E-state index contributed by atoms with van der Waals surface area (Å²) in [5.41, 5.74) is 13.7. The van der Waals surface area contributed by atoms with Gasteiger partial charge in [0.25, 0.3) is 5.91 Å². The maximum atomic E-state index is 12.6. The van der Waals surface area contributed by atoms with Crippen molar-refractivity contribution in [1.82, 2.24) is 4.90 Å². The molecule has 1 amide bonds. The minimum absolute atomic E-state index is 0.104. The van der Waals surface area contributed by atoms with Crippen LogP contribution in [-0.4, -0.2) is 29.1 Å². The molecule has 0 aliphatic heterocycles. The smallest absolute Gasteiger partial charge is 0.256 e. The van der Waals surface area contributed by atoms with Crippen molar-refractivity contribution in [3.05, 3.63) is 59.7 Å². The second-order valence-electron chi connectivity index (χ2n) is 4.78. The molecule has 0 aromatic heterocycles. The summed E-state index contributed by atoms with van der Waals surface area (Å²) in [4.78, 5) is 14.1. The summed E-state index contributed by atoms with van der Waals surface area (Å²) in [5, 5.41) is 9.18. The fourth-order valence-electron chi connectivity index (χ4n) is 2.12. The molecule has 0 saturated carbocycles. The summed E-state index contributed by atoms with van der Waals surface area (Å²) in [7, 11) is 0. The third-order valence-electron chi connectivity index (χ3n) is 3.18. The number of carbonyl (C=O) groups excluding carboxylic acids is 1. The van der Waals surface area contributed by atoms with Gasteiger partial charge in [0.05, 0.1) is 12.2 Å². The zero-order valence-electron chi connectivity index (χ0n) is 11.7. The van der Waals surface area contributed by atoms with Gasteiger partial charge >= 0.3 is 0 Å². The van der Waals surface area contributed by atoms with E-state index in [9.17, 15) is 9.90 Å². The third-order valence-corrected chi connectivity index (χ3v) is 3.18. The first-order valence-electron chi connectivity index (χ1n) is 6.71. The Morgan fingerprint density at radius 1 is 1.10 bits per heavy atom. The highest BCUT2D eigenvalue weighted by Gasteiger charge is 2.18. The molecule has 2 rings (SSSR count). The van der Waals surface area contributed by atoms with E-state index in [2.05, 4.69) is 0 Å². The summed E-state index contributed by atoms with van der Waals surface area (Å²) < 4.78 is 0. The topological polar surface area (TPSA) is 92.6 Å². The lowest BCUT2D eigenvalue weighted by molar-refractivity contribution is 0.0709. The number of carbonyl (C=O) groups is 1. The van der Waals surface area contributed by atoms with Crippen LogP contribution in [0.15, 0.2) is 48.5 Å². The Morgan fingerprint density at radius 3 is 2.43 bits per heavy atom. The molecule has 0 spiro atoms. The SMILES string of the molecule is Nc1ccc(C(=O)N(CCO)Cc2ccccc2)c(N)c1. The van der Waals surface area contributed by atoms with Crippen LogP contribution in [0.3, 0.4) is 0 Å². The van der Waals surface area contributed by atoms with Gasteiger partial charge in [0.1, 0.15) is 0 Å². The maximum absolute atomic E-state index is 12.6. The molecule has 5 nitrogen and oxygen atoms in total. The zero-order valence-corrected chi connectivity index (χ0v) is 11.7. The highest BCUT2D eigenvalue weighted by atomic mass is 16.3. The lowest BCUT2D eigenvalue weighted by Crippen LogP contribution is -2.33. The average molecular weight is 285 g/mol. The first kappa shape index (κ1) is 14.9. The second kappa shape index (κ2) is 6.76. The lowest BCUT2D eigenvalue weighted by atomic mass is 10.1. The van der Waals surface area contributed by atoms with Gasteiger partial charge in [-0.1, -0.05) is 30.3 Å². The van der Waals surface area contributed by atoms with E-state index in [0.717, 1.165) is 5.56 Å². The van der Waals surface area contributed by atoms with Crippen molar-refractivity contribution in [1.29, 1.82) is 0 Å². The molecular formula is C16H19N3O2. The van der Waals surface area contributed by atoms with Gasteiger partial charge < -0.3 is 21.5 Å². The van der Waals surface area contributed by atoms with Crippen molar-refractivity contribution in [2.24, 2.45) is 0 Å². The second-order valence-corrected chi connectivity index (χ2v) is 4.78. The fourth-order valence-corrected chi connectivity index (χ4v) is 2.12. The first-order valence-corrected chi connectivity index (χ1v) is 6.71. The van der Waals surface area contributed by atoms with Crippen LogP contribution in [0.1, 0.15) is 15.9 Å². The summed E-state index contributed by atoms with van der Waals surface area (Å²) in [6, 6.07) is 14.4. The van der Waals surface area contributed by atoms with Crippen LogP contribution in [0, 0.1) is 0 Å². The van der Waals surface area contributed by atoms with Crippen LogP contribution in [0.2, 0.25) is 0 Å². The van der Waals surface area contributed by atoms with Crippen LogP contribution in [0.25, 0.3) is 0 Å². The standard InChI is InChI=1S/C16H19N3O2/c17-13-6-7-14(15(18)10-13)16(21)19(8-9-20)11-12-4-2-1-3-5-12/h1-7,10,20H,8-9,11,17-18H2. The molecule has 0 atom stereocenters. The number of benzene rings is 2. The Labute approximate surface area is 123 Å². The van der Waals surface area contributed by atoms with Crippen molar-refractivity contribution in [2.75, 3.05) is 24.6 Å². The summed E-state index contributed by atoms with van der Waals surface area (Å²) in [6.07, 6.45) is 0. The largest absolute Gasteiger partial charge is 0.399 e. The molecule has 2 aromatic carbocycles. The average Bonchev–Trinajstić information content (AvgIpc) is 2.47. The summed E-state index contributed by atoms with van der Waals surface area (Å²) in [5.74, 6) is -0.217. The lowest BCUT2D eigenvalue weighted by Gasteiger charge is -2.22. The molecule has 5 N–H and O–H groups in total. The van der Waals surface area contributed by atoms with E-state index < -0.39 is 0 Å². The van der Waals surface area contributed by atoms with Crippen LogP contribution in [0.5, 0.6) is 0 Å². The van der Waals surface area contributed by atoms with Crippen molar-refractivity contribution in [3.63, 3.8) is 0 Å². The number of amides is 1. The minimum Gasteiger partial charge on any atom is -0.399 e. The van der Waals surface area contributed by atoms with E-state index in [1.165, 1.54) is 0 Å². The monoisotopic (exact) mass is 285 g/mol. The Hall–Kier alpha value is -2.53. The van der Waals surface area contributed by atoms with Gasteiger partial charge in [0, 0.05) is 24.5 Å². The molecule has 0 bridgehead atoms. The number of anilines is 2. The van der Waals surface area contributed by atoms with Crippen molar-refractivity contribution in [2.45, 2.75) is 6.54 Å². The summed E-state index contributed by atoms with van der Waals surface area (Å²) in [6.45, 7) is 0.565.